The van der Waals surface area contributed by atoms with E-state index in [0.29, 0.717) is 30.0 Å². The van der Waals surface area contributed by atoms with E-state index >= 15 is 4.39 Å². The molecule has 4 atom stereocenters. The molecule has 1 aromatic carbocycles. The van der Waals surface area contributed by atoms with Crippen molar-refractivity contribution in [2.45, 2.75) is 75.7 Å². The Bertz CT molecular complexity index is 1210. The molecule has 0 bridgehead atoms. The summed E-state index contributed by atoms with van der Waals surface area (Å²) in [4.78, 5) is 11.3. The second-order valence-corrected chi connectivity index (χ2v) is 10.4. The highest BCUT2D eigenvalue weighted by atomic mass is 35.5. The Balaban J connectivity index is 1.23. The van der Waals surface area contributed by atoms with Crippen molar-refractivity contribution in [3.05, 3.63) is 40.8 Å². The van der Waals surface area contributed by atoms with Crippen LogP contribution in [0.5, 0.6) is 0 Å². The molecular weight excluding hydrogens is 455 g/mol. The predicted octanol–water partition coefficient (Wildman–Crippen LogP) is 4.91. The number of aliphatic hydroxyl groups is 1. The maximum Gasteiger partial charge on any atom is 0.227 e. The number of benzene rings is 1. The third-order valence-corrected chi connectivity index (χ3v) is 8.09. The van der Waals surface area contributed by atoms with Gasteiger partial charge in [0, 0.05) is 35.1 Å². The van der Waals surface area contributed by atoms with Crippen LogP contribution in [0, 0.1) is 6.92 Å². The van der Waals surface area contributed by atoms with E-state index in [4.69, 9.17) is 16.6 Å². The van der Waals surface area contributed by atoms with Gasteiger partial charge in [-0.1, -0.05) is 11.6 Å². The Morgan fingerprint density at radius 3 is 2.74 bits per heavy atom. The lowest BCUT2D eigenvalue weighted by Gasteiger charge is -2.39. The monoisotopic (exact) mass is 484 g/mol. The first-order valence-corrected chi connectivity index (χ1v) is 12.7. The van der Waals surface area contributed by atoms with E-state index < -0.39 is 6.17 Å². The molecule has 1 saturated heterocycles. The van der Waals surface area contributed by atoms with Crippen LogP contribution in [0.1, 0.15) is 61.7 Å². The van der Waals surface area contributed by atoms with E-state index in [9.17, 15) is 5.11 Å². The fraction of sp³-hybridized carbons (Fsp3) is 0.560. The van der Waals surface area contributed by atoms with Gasteiger partial charge in [0.15, 0.2) is 0 Å². The normalized spacial score (nSPS) is 28.0. The lowest BCUT2D eigenvalue weighted by molar-refractivity contribution is 0.0271. The zero-order valence-corrected chi connectivity index (χ0v) is 20.0. The summed E-state index contributed by atoms with van der Waals surface area (Å²) in [5.74, 6) is 0.207. The maximum atomic E-state index is 15.4. The molecule has 0 spiro atoms. The van der Waals surface area contributed by atoms with Gasteiger partial charge in [-0.3, -0.25) is 9.58 Å². The van der Waals surface area contributed by atoms with Crippen LogP contribution in [0.3, 0.4) is 0 Å². The molecule has 9 heteroatoms. The summed E-state index contributed by atoms with van der Waals surface area (Å²) >= 11 is 6.61. The number of nitrogens with one attached hydrogen (secondary N) is 1. The molecule has 4 unspecified atom stereocenters. The number of aliphatic hydroxyl groups excluding tert-OH is 1. The lowest BCUT2D eigenvalue weighted by atomic mass is 9.86. The number of alkyl halides is 1. The van der Waals surface area contributed by atoms with Gasteiger partial charge in [-0.2, -0.15) is 5.10 Å². The van der Waals surface area contributed by atoms with Crippen molar-refractivity contribution in [2.75, 3.05) is 18.4 Å². The molecular formula is C25H30ClFN6O. The molecule has 3 aliphatic rings. The SMILES string of the molecule is Cc1c(Nc2ncc3cc(Cl)c(C4CCN(C5CCCC5O)CC4F)cc3n2)cnn1C1CC1. The van der Waals surface area contributed by atoms with Crippen LogP contribution < -0.4 is 5.32 Å². The van der Waals surface area contributed by atoms with Crippen molar-refractivity contribution in [2.24, 2.45) is 0 Å². The molecule has 0 radical (unpaired) electrons. The van der Waals surface area contributed by atoms with Crippen molar-refractivity contribution in [3.8, 4) is 0 Å². The van der Waals surface area contributed by atoms with Gasteiger partial charge < -0.3 is 10.4 Å². The fourth-order valence-electron chi connectivity index (χ4n) is 5.69. The van der Waals surface area contributed by atoms with E-state index in [-0.39, 0.29) is 18.1 Å². The zero-order chi connectivity index (χ0) is 23.4. The van der Waals surface area contributed by atoms with Crippen LogP contribution in [-0.2, 0) is 0 Å². The number of likely N-dealkylation sites (tertiary alicyclic amines) is 1. The van der Waals surface area contributed by atoms with E-state index in [1.165, 1.54) is 12.8 Å². The number of piperidine rings is 1. The number of hydrogen-bond donors (Lipinski definition) is 2. The molecule has 0 amide bonds. The average molecular weight is 485 g/mol. The van der Waals surface area contributed by atoms with Gasteiger partial charge >= 0.3 is 0 Å². The highest BCUT2D eigenvalue weighted by Gasteiger charge is 2.38. The number of hydrogen-bond acceptors (Lipinski definition) is 6. The molecule has 3 aromatic rings. The first-order valence-electron chi connectivity index (χ1n) is 12.3. The van der Waals surface area contributed by atoms with E-state index in [1.54, 1.807) is 6.20 Å². The molecule has 3 fully saturated rings. The minimum atomic E-state index is -1.04. The van der Waals surface area contributed by atoms with Gasteiger partial charge in [0.25, 0.3) is 0 Å². The minimum Gasteiger partial charge on any atom is -0.391 e. The third-order valence-electron chi connectivity index (χ3n) is 7.77. The van der Waals surface area contributed by atoms with Gasteiger partial charge in [-0.15, -0.1) is 0 Å². The van der Waals surface area contributed by atoms with Crippen LogP contribution in [0.15, 0.2) is 24.5 Å². The number of fused-ring (bicyclic) bond motifs is 1. The Labute approximate surface area is 203 Å². The Morgan fingerprint density at radius 2 is 2.00 bits per heavy atom. The summed E-state index contributed by atoms with van der Waals surface area (Å²) < 4.78 is 17.4. The molecule has 2 saturated carbocycles. The molecule has 2 aromatic heterocycles. The van der Waals surface area contributed by atoms with Crippen molar-refractivity contribution < 1.29 is 9.50 Å². The van der Waals surface area contributed by atoms with Gasteiger partial charge in [-0.05, 0) is 69.7 Å². The number of rotatable bonds is 5. The Kier molecular flexibility index (Phi) is 5.70. The molecule has 2 N–H and O–H groups in total. The maximum absolute atomic E-state index is 15.4. The van der Waals surface area contributed by atoms with Gasteiger partial charge in [0.2, 0.25) is 5.95 Å². The molecule has 34 heavy (non-hydrogen) atoms. The van der Waals surface area contributed by atoms with Crippen molar-refractivity contribution in [1.29, 1.82) is 0 Å². The summed E-state index contributed by atoms with van der Waals surface area (Å²) in [5.41, 5.74) is 3.51. The number of nitrogens with zero attached hydrogens (tertiary/aromatic N) is 5. The molecule has 6 rings (SSSR count). The predicted molar refractivity (Wildman–Crippen MR) is 131 cm³/mol. The third kappa shape index (κ3) is 4.06. The first kappa shape index (κ1) is 22.2. The van der Waals surface area contributed by atoms with E-state index in [1.807, 2.05) is 25.3 Å². The molecule has 7 nitrogen and oxygen atoms in total. The number of halogens is 2. The minimum absolute atomic E-state index is 0.0837. The van der Waals surface area contributed by atoms with Crippen molar-refractivity contribution >= 4 is 34.1 Å². The largest absolute Gasteiger partial charge is 0.391 e. The van der Waals surface area contributed by atoms with Crippen LogP contribution in [0.4, 0.5) is 16.0 Å². The number of anilines is 2. The Hall–Kier alpha value is -2.29. The second-order valence-electron chi connectivity index (χ2n) is 10.0. The zero-order valence-electron chi connectivity index (χ0n) is 19.3. The first-order chi connectivity index (χ1) is 16.5. The fourth-order valence-corrected chi connectivity index (χ4v) is 6.00. The van der Waals surface area contributed by atoms with Crippen LogP contribution in [0.25, 0.3) is 10.9 Å². The van der Waals surface area contributed by atoms with Crippen molar-refractivity contribution in [1.82, 2.24) is 24.6 Å². The quantitative estimate of drug-likeness (QED) is 0.536. The van der Waals surface area contributed by atoms with Crippen molar-refractivity contribution in [3.63, 3.8) is 0 Å². The molecule has 1 aliphatic heterocycles. The topological polar surface area (TPSA) is 79.1 Å². The molecule has 2 aliphatic carbocycles. The highest BCUT2D eigenvalue weighted by Crippen LogP contribution is 2.39. The molecule has 3 heterocycles. The van der Waals surface area contributed by atoms with Crippen LogP contribution in [-0.4, -0.2) is 61.2 Å². The number of aromatic nitrogens is 4. The van der Waals surface area contributed by atoms with Crippen LogP contribution >= 0.6 is 11.6 Å². The van der Waals surface area contributed by atoms with E-state index in [0.717, 1.165) is 53.7 Å². The summed E-state index contributed by atoms with van der Waals surface area (Å²) in [6.45, 7) is 3.15. The summed E-state index contributed by atoms with van der Waals surface area (Å²) in [6, 6.07) is 4.35. The van der Waals surface area contributed by atoms with Gasteiger partial charge in [-0.25, -0.2) is 14.4 Å². The van der Waals surface area contributed by atoms with E-state index in [2.05, 4.69) is 25.0 Å². The van der Waals surface area contributed by atoms with Gasteiger partial charge in [0.05, 0.1) is 35.2 Å². The Morgan fingerprint density at radius 1 is 1.15 bits per heavy atom. The summed E-state index contributed by atoms with van der Waals surface area (Å²) in [6.07, 6.45) is 7.98. The standard InChI is InChI=1S/C25H30ClFN6O/c1-14-22(12-29-33(14)16-5-6-16)31-25-28-11-15-9-19(26)18(10-21(15)30-25)17-7-8-32(13-20(17)27)23-3-2-4-24(23)34/h9-12,16-17,20,23-24,34H,2-8,13H2,1H3,(H,28,30,31). The smallest absolute Gasteiger partial charge is 0.227 e. The van der Waals surface area contributed by atoms with Crippen LogP contribution in [0.2, 0.25) is 5.02 Å². The second kappa shape index (κ2) is 8.73. The van der Waals surface area contributed by atoms with Gasteiger partial charge in [0.1, 0.15) is 6.17 Å². The molecule has 180 valence electrons. The summed E-state index contributed by atoms with van der Waals surface area (Å²) in [5, 5.41) is 19.4. The lowest BCUT2D eigenvalue weighted by Crippen LogP contribution is -2.49. The summed E-state index contributed by atoms with van der Waals surface area (Å²) in [7, 11) is 0. The highest BCUT2D eigenvalue weighted by molar-refractivity contribution is 6.32. The average Bonchev–Trinajstić information content (AvgIpc) is 3.47.